The molecular formula is C14H19NO5. The van der Waals surface area contributed by atoms with Crippen LogP contribution in [0.5, 0.6) is 17.2 Å². The van der Waals surface area contributed by atoms with Crippen LogP contribution in [0.15, 0.2) is 0 Å². The van der Waals surface area contributed by atoms with Crippen molar-refractivity contribution >= 4 is 11.7 Å². The van der Waals surface area contributed by atoms with E-state index in [-0.39, 0.29) is 12.3 Å². The second-order valence-corrected chi connectivity index (χ2v) is 4.13. The van der Waals surface area contributed by atoms with Crippen molar-refractivity contribution in [1.82, 2.24) is 0 Å². The number of ether oxygens (including phenoxy) is 4. The smallest absolute Gasteiger partial charge is 0.341 e. The van der Waals surface area contributed by atoms with Gasteiger partial charge in [0.1, 0.15) is 6.61 Å². The van der Waals surface area contributed by atoms with E-state index in [4.69, 9.17) is 24.7 Å². The van der Waals surface area contributed by atoms with Crippen molar-refractivity contribution < 1.29 is 23.7 Å². The Morgan fingerprint density at radius 2 is 1.55 bits per heavy atom. The highest BCUT2D eigenvalue weighted by atomic mass is 16.6. The molecule has 2 N–H and O–H groups in total. The zero-order chi connectivity index (χ0) is 14.7. The van der Waals surface area contributed by atoms with Crippen molar-refractivity contribution in [2.45, 2.75) is 27.4 Å². The summed E-state index contributed by atoms with van der Waals surface area (Å²) in [5.41, 5.74) is 7.24. The molecule has 0 aliphatic carbocycles. The third-order valence-electron chi connectivity index (χ3n) is 2.92. The van der Waals surface area contributed by atoms with Crippen LogP contribution in [0.3, 0.4) is 0 Å². The number of fused-ring (bicyclic) bond motifs is 1. The van der Waals surface area contributed by atoms with Crippen LogP contribution in [0.25, 0.3) is 0 Å². The van der Waals surface area contributed by atoms with Crippen LogP contribution in [-0.2, 0) is 11.3 Å². The molecule has 0 spiro atoms. The Kier molecular flexibility index (Phi) is 4.22. The van der Waals surface area contributed by atoms with Crippen LogP contribution in [-0.4, -0.2) is 25.8 Å². The molecule has 0 fully saturated rings. The van der Waals surface area contributed by atoms with Crippen molar-refractivity contribution in [3.8, 4) is 17.2 Å². The van der Waals surface area contributed by atoms with Gasteiger partial charge in [0.15, 0.2) is 11.5 Å². The van der Waals surface area contributed by atoms with Gasteiger partial charge in [-0.3, -0.25) is 0 Å². The Balaban J connectivity index is 2.69. The van der Waals surface area contributed by atoms with Gasteiger partial charge in [0.2, 0.25) is 5.75 Å². The van der Waals surface area contributed by atoms with Gasteiger partial charge >= 0.3 is 5.97 Å². The molecule has 1 aliphatic heterocycles. The van der Waals surface area contributed by atoms with Gasteiger partial charge < -0.3 is 24.7 Å². The molecule has 2 rings (SSSR count). The van der Waals surface area contributed by atoms with Gasteiger partial charge in [0, 0.05) is 0 Å². The van der Waals surface area contributed by atoms with E-state index in [0.717, 1.165) is 0 Å². The van der Waals surface area contributed by atoms with E-state index in [1.165, 1.54) is 0 Å². The maximum absolute atomic E-state index is 11.8. The average molecular weight is 281 g/mol. The minimum absolute atomic E-state index is 0.139. The van der Waals surface area contributed by atoms with Gasteiger partial charge in [-0.2, -0.15) is 0 Å². The predicted octanol–water partition coefficient (Wildman–Crippen LogP) is 2.14. The van der Waals surface area contributed by atoms with Crippen molar-refractivity contribution in [3.63, 3.8) is 0 Å². The van der Waals surface area contributed by atoms with Gasteiger partial charge in [-0.05, 0) is 20.8 Å². The first kappa shape index (κ1) is 14.3. The van der Waals surface area contributed by atoms with E-state index in [9.17, 15) is 4.79 Å². The number of anilines is 1. The maximum atomic E-state index is 11.8. The molecule has 0 saturated heterocycles. The highest BCUT2D eigenvalue weighted by molar-refractivity contribution is 6.02. The van der Waals surface area contributed by atoms with E-state index >= 15 is 0 Å². The summed E-state index contributed by atoms with van der Waals surface area (Å²) in [5.74, 6) is 0.802. The fraction of sp³-hybridized carbons (Fsp3) is 0.500. The largest absolute Gasteiger partial charge is 0.489 e. The molecule has 1 aliphatic rings. The molecule has 1 heterocycles. The number of esters is 1. The van der Waals surface area contributed by atoms with E-state index in [1.54, 1.807) is 0 Å². The van der Waals surface area contributed by atoms with E-state index in [1.807, 2.05) is 20.8 Å². The number of hydrogen-bond acceptors (Lipinski definition) is 6. The summed E-state index contributed by atoms with van der Waals surface area (Å²) in [6.45, 7) is 6.97. The van der Waals surface area contributed by atoms with Gasteiger partial charge in [-0.25, -0.2) is 4.79 Å². The zero-order valence-corrected chi connectivity index (χ0v) is 11.9. The molecule has 110 valence electrons. The van der Waals surface area contributed by atoms with Crippen LogP contribution in [0, 0.1) is 0 Å². The number of carbonyl (C=O) groups excluding carboxylic acids is 1. The first-order valence-corrected chi connectivity index (χ1v) is 6.69. The summed E-state index contributed by atoms with van der Waals surface area (Å²) in [4.78, 5) is 11.8. The number of carbonyl (C=O) groups is 1. The van der Waals surface area contributed by atoms with Crippen molar-refractivity contribution in [3.05, 3.63) is 11.1 Å². The second-order valence-electron chi connectivity index (χ2n) is 4.13. The van der Waals surface area contributed by atoms with Crippen molar-refractivity contribution in [2.75, 3.05) is 25.6 Å². The molecule has 0 saturated carbocycles. The highest BCUT2D eigenvalue weighted by Crippen LogP contribution is 2.49. The second kappa shape index (κ2) is 5.90. The monoisotopic (exact) mass is 281 g/mol. The minimum Gasteiger partial charge on any atom is -0.489 e. The highest BCUT2D eigenvalue weighted by Gasteiger charge is 2.34. The summed E-state index contributed by atoms with van der Waals surface area (Å²) in [7, 11) is 0. The number of nitrogens with two attached hydrogens (primary N) is 1. The fourth-order valence-electron chi connectivity index (χ4n) is 2.19. The lowest BCUT2D eigenvalue weighted by Gasteiger charge is -2.19. The Morgan fingerprint density at radius 1 is 1.00 bits per heavy atom. The molecule has 0 bridgehead atoms. The number of rotatable bonds is 6. The quantitative estimate of drug-likeness (QED) is 0.635. The summed E-state index contributed by atoms with van der Waals surface area (Å²) >= 11 is 0. The molecule has 1 aromatic carbocycles. The summed E-state index contributed by atoms with van der Waals surface area (Å²) in [6, 6.07) is 0. The molecule has 6 heteroatoms. The zero-order valence-electron chi connectivity index (χ0n) is 11.9. The average Bonchev–Trinajstić information content (AvgIpc) is 2.81. The Hall–Kier alpha value is -2.11. The van der Waals surface area contributed by atoms with Gasteiger partial charge in [0.25, 0.3) is 0 Å². The molecular weight excluding hydrogens is 262 g/mol. The van der Waals surface area contributed by atoms with E-state index in [0.29, 0.717) is 48.2 Å². The summed E-state index contributed by atoms with van der Waals surface area (Å²) < 4.78 is 21.8. The lowest BCUT2D eigenvalue weighted by molar-refractivity contribution is 0.0534. The van der Waals surface area contributed by atoms with Gasteiger partial charge in [0.05, 0.1) is 36.6 Å². The maximum Gasteiger partial charge on any atom is 0.341 e. The molecule has 0 atom stereocenters. The molecule has 0 unspecified atom stereocenters. The number of hydrogen-bond donors (Lipinski definition) is 1. The van der Waals surface area contributed by atoms with Crippen LogP contribution in [0.4, 0.5) is 5.69 Å². The van der Waals surface area contributed by atoms with Crippen LogP contribution in [0.2, 0.25) is 0 Å². The van der Waals surface area contributed by atoms with E-state index in [2.05, 4.69) is 0 Å². The third-order valence-corrected chi connectivity index (χ3v) is 2.92. The van der Waals surface area contributed by atoms with Crippen LogP contribution in [0.1, 0.15) is 36.7 Å². The normalized spacial score (nSPS) is 12.8. The topological polar surface area (TPSA) is 80.0 Å². The van der Waals surface area contributed by atoms with Gasteiger partial charge in [-0.1, -0.05) is 0 Å². The molecule has 6 nitrogen and oxygen atoms in total. The Bertz CT molecular complexity index is 527. The minimum atomic E-state index is -0.456. The number of nitrogen functional groups attached to an aromatic ring is 1. The first-order chi connectivity index (χ1) is 9.65. The van der Waals surface area contributed by atoms with Gasteiger partial charge in [-0.15, -0.1) is 0 Å². The molecule has 1 aromatic rings. The van der Waals surface area contributed by atoms with Crippen LogP contribution < -0.4 is 19.9 Å². The van der Waals surface area contributed by atoms with E-state index < -0.39 is 5.97 Å². The standard InChI is InChI=1S/C14H19NO5/c1-4-17-11-8-7-20-14(16)9(8)10(15)12(18-5-2)13(11)19-6-3/h4-7,15H2,1-3H3. The lowest BCUT2D eigenvalue weighted by atomic mass is 10.0. The molecule has 0 radical (unpaired) electrons. The lowest BCUT2D eigenvalue weighted by Crippen LogP contribution is -2.10. The predicted molar refractivity (Wildman–Crippen MR) is 73.5 cm³/mol. The Labute approximate surface area is 117 Å². The third kappa shape index (κ3) is 2.21. The molecule has 0 amide bonds. The SMILES string of the molecule is CCOc1c(N)c2c(c(OCC)c1OCC)COC2=O. The fourth-order valence-corrected chi connectivity index (χ4v) is 2.19. The van der Waals surface area contributed by atoms with Crippen LogP contribution >= 0.6 is 0 Å². The first-order valence-electron chi connectivity index (χ1n) is 6.69. The van der Waals surface area contributed by atoms with Crippen molar-refractivity contribution in [2.24, 2.45) is 0 Å². The number of cyclic esters (lactones) is 1. The van der Waals surface area contributed by atoms with Crippen molar-refractivity contribution in [1.29, 1.82) is 0 Å². The molecule has 20 heavy (non-hydrogen) atoms. The summed E-state index contributed by atoms with van der Waals surface area (Å²) in [6.07, 6.45) is 0. The number of benzene rings is 1. The molecule has 0 aromatic heterocycles. The summed E-state index contributed by atoms with van der Waals surface area (Å²) in [5, 5.41) is 0. The Morgan fingerprint density at radius 3 is 2.15 bits per heavy atom.